The van der Waals surface area contributed by atoms with Crippen LogP contribution in [0.2, 0.25) is 0 Å². The molecule has 2 rings (SSSR count). The Kier molecular flexibility index (Phi) is 2.62. The summed E-state index contributed by atoms with van der Waals surface area (Å²) in [5.74, 6) is -0.166. The third kappa shape index (κ3) is 1.47. The van der Waals surface area contributed by atoms with Crippen molar-refractivity contribution in [3.8, 4) is 5.75 Å². The maximum Gasteiger partial charge on any atom is 0.342 e. The van der Waals surface area contributed by atoms with Gasteiger partial charge >= 0.3 is 5.97 Å². The van der Waals surface area contributed by atoms with Gasteiger partial charge in [0.2, 0.25) is 0 Å². The molecule has 0 saturated heterocycles. The largest absolute Gasteiger partial charge is 0.507 e. The van der Waals surface area contributed by atoms with Crippen LogP contribution in [0.15, 0.2) is 12.1 Å². The summed E-state index contributed by atoms with van der Waals surface area (Å²) >= 11 is 0. The standard InChI is InChI=1S/C13H16O3/c1-4-9-8(3)16-13(15)11-10(9)6-5-7(2)12(11)14/h5-6,8-9,14H,4H2,1-3H3/t8-,9+/m1/s1. The second kappa shape index (κ2) is 3.81. The van der Waals surface area contributed by atoms with Crippen LogP contribution in [0, 0.1) is 6.92 Å². The summed E-state index contributed by atoms with van der Waals surface area (Å²) in [7, 11) is 0. The quantitative estimate of drug-likeness (QED) is 0.740. The number of hydrogen-bond donors (Lipinski definition) is 1. The molecule has 0 bridgehead atoms. The first-order chi connectivity index (χ1) is 7.56. The number of carbonyl (C=O) groups is 1. The Labute approximate surface area is 95.0 Å². The van der Waals surface area contributed by atoms with Crippen LogP contribution in [-0.2, 0) is 4.74 Å². The molecule has 0 amide bonds. The Morgan fingerprint density at radius 1 is 1.44 bits per heavy atom. The minimum absolute atomic E-state index is 0.0628. The zero-order valence-corrected chi connectivity index (χ0v) is 9.78. The Morgan fingerprint density at radius 2 is 2.12 bits per heavy atom. The van der Waals surface area contributed by atoms with E-state index in [-0.39, 0.29) is 17.8 Å². The van der Waals surface area contributed by atoms with Crippen molar-refractivity contribution in [3.05, 3.63) is 28.8 Å². The number of aryl methyl sites for hydroxylation is 1. The third-order valence-corrected chi connectivity index (χ3v) is 3.31. The number of fused-ring (bicyclic) bond motifs is 1. The predicted octanol–water partition coefficient (Wildman–Crippen LogP) is 2.75. The van der Waals surface area contributed by atoms with Gasteiger partial charge in [-0.2, -0.15) is 0 Å². The summed E-state index contributed by atoms with van der Waals surface area (Å²) in [4.78, 5) is 11.7. The molecule has 1 N–H and O–H groups in total. The lowest BCUT2D eigenvalue weighted by Gasteiger charge is -2.30. The van der Waals surface area contributed by atoms with E-state index in [0.717, 1.165) is 12.0 Å². The molecule has 86 valence electrons. The molecular formula is C13H16O3. The molecule has 16 heavy (non-hydrogen) atoms. The number of ether oxygens (including phenoxy) is 1. The molecule has 3 heteroatoms. The number of carbonyl (C=O) groups excluding carboxylic acids is 1. The van der Waals surface area contributed by atoms with Crippen LogP contribution < -0.4 is 0 Å². The van der Waals surface area contributed by atoms with Gasteiger partial charge < -0.3 is 9.84 Å². The second-order valence-electron chi connectivity index (χ2n) is 4.32. The average molecular weight is 220 g/mol. The van der Waals surface area contributed by atoms with E-state index >= 15 is 0 Å². The van der Waals surface area contributed by atoms with E-state index in [1.165, 1.54) is 0 Å². The van der Waals surface area contributed by atoms with E-state index in [2.05, 4.69) is 6.92 Å². The first kappa shape index (κ1) is 11.0. The molecule has 1 heterocycles. The number of hydrogen-bond acceptors (Lipinski definition) is 3. The van der Waals surface area contributed by atoms with Crippen LogP contribution in [0.4, 0.5) is 0 Å². The maximum absolute atomic E-state index is 11.7. The van der Waals surface area contributed by atoms with Crippen molar-refractivity contribution in [1.29, 1.82) is 0 Å². The molecule has 0 spiro atoms. The molecule has 1 aliphatic heterocycles. The van der Waals surface area contributed by atoms with Gasteiger partial charge in [0.05, 0.1) is 0 Å². The number of phenolic OH excluding ortho intramolecular Hbond substituents is 1. The average Bonchev–Trinajstić information content (AvgIpc) is 2.23. The number of benzene rings is 1. The van der Waals surface area contributed by atoms with Crippen LogP contribution in [0.3, 0.4) is 0 Å². The summed E-state index contributed by atoms with van der Waals surface area (Å²) in [5, 5.41) is 9.91. The minimum atomic E-state index is -0.409. The van der Waals surface area contributed by atoms with Crippen LogP contribution in [0.25, 0.3) is 0 Å². The van der Waals surface area contributed by atoms with Crippen LogP contribution in [0.5, 0.6) is 5.75 Å². The number of cyclic esters (lactones) is 1. The van der Waals surface area contributed by atoms with Gasteiger partial charge in [0, 0.05) is 5.92 Å². The fourth-order valence-electron chi connectivity index (χ4n) is 2.35. The van der Waals surface area contributed by atoms with Gasteiger partial charge in [-0.1, -0.05) is 19.1 Å². The maximum atomic E-state index is 11.7. The topological polar surface area (TPSA) is 46.5 Å². The van der Waals surface area contributed by atoms with Crippen molar-refractivity contribution in [1.82, 2.24) is 0 Å². The van der Waals surface area contributed by atoms with Crippen LogP contribution >= 0.6 is 0 Å². The molecule has 2 atom stereocenters. The van der Waals surface area contributed by atoms with Gasteiger partial charge in [0.1, 0.15) is 17.4 Å². The van der Waals surface area contributed by atoms with Crippen molar-refractivity contribution < 1.29 is 14.6 Å². The van der Waals surface area contributed by atoms with E-state index < -0.39 is 5.97 Å². The third-order valence-electron chi connectivity index (χ3n) is 3.31. The van der Waals surface area contributed by atoms with Gasteiger partial charge in [0.25, 0.3) is 0 Å². The second-order valence-corrected chi connectivity index (χ2v) is 4.32. The highest BCUT2D eigenvalue weighted by atomic mass is 16.5. The minimum Gasteiger partial charge on any atom is -0.507 e. The van der Waals surface area contributed by atoms with Gasteiger partial charge in [0.15, 0.2) is 0 Å². The monoisotopic (exact) mass is 220 g/mol. The zero-order valence-electron chi connectivity index (χ0n) is 9.78. The summed E-state index contributed by atoms with van der Waals surface area (Å²) in [6.45, 7) is 5.73. The smallest absolute Gasteiger partial charge is 0.342 e. The van der Waals surface area contributed by atoms with Crippen LogP contribution in [0.1, 0.15) is 47.7 Å². The highest BCUT2D eigenvalue weighted by Gasteiger charge is 2.34. The summed E-state index contributed by atoms with van der Waals surface area (Å²) in [6.07, 6.45) is 0.774. The predicted molar refractivity (Wildman–Crippen MR) is 60.8 cm³/mol. The van der Waals surface area contributed by atoms with Gasteiger partial charge in [-0.3, -0.25) is 0 Å². The van der Waals surface area contributed by atoms with E-state index in [9.17, 15) is 9.90 Å². The van der Waals surface area contributed by atoms with Crippen molar-refractivity contribution in [3.63, 3.8) is 0 Å². The SMILES string of the molecule is CC[C@@H]1c2ccc(C)c(O)c2C(=O)O[C@@H]1C. The summed E-state index contributed by atoms with van der Waals surface area (Å²) in [5.41, 5.74) is 1.97. The molecule has 0 unspecified atom stereocenters. The molecule has 1 aliphatic rings. The molecule has 3 nitrogen and oxygen atoms in total. The Balaban J connectivity index is 2.63. The van der Waals surface area contributed by atoms with Crippen molar-refractivity contribution in [2.75, 3.05) is 0 Å². The molecule has 0 saturated carbocycles. The van der Waals surface area contributed by atoms with Gasteiger partial charge in [-0.15, -0.1) is 0 Å². The number of aromatic hydroxyl groups is 1. The lowest BCUT2D eigenvalue weighted by atomic mass is 9.85. The van der Waals surface area contributed by atoms with Crippen molar-refractivity contribution >= 4 is 5.97 Å². The highest BCUT2D eigenvalue weighted by molar-refractivity contribution is 5.96. The summed E-state index contributed by atoms with van der Waals surface area (Å²) < 4.78 is 5.25. The Bertz CT molecular complexity index is 437. The lowest BCUT2D eigenvalue weighted by molar-refractivity contribution is 0.0217. The summed E-state index contributed by atoms with van der Waals surface area (Å²) in [6, 6.07) is 3.78. The molecule has 0 radical (unpaired) electrons. The molecule has 0 aliphatic carbocycles. The van der Waals surface area contributed by atoms with E-state index in [4.69, 9.17) is 4.74 Å². The number of phenols is 1. The first-order valence-electron chi connectivity index (χ1n) is 5.59. The molecule has 0 fully saturated rings. The Morgan fingerprint density at radius 3 is 2.75 bits per heavy atom. The zero-order chi connectivity index (χ0) is 11.9. The number of esters is 1. The van der Waals surface area contributed by atoms with Gasteiger partial charge in [-0.05, 0) is 31.4 Å². The normalized spacial score (nSPS) is 23.8. The molecule has 1 aromatic carbocycles. The molecular weight excluding hydrogens is 204 g/mol. The van der Waals surface area contributed by atoms with E-state index in [0.29, 0.717) is 11.1 Å². The molecule has 1 aromatic rings. The Hall–Kier alpha value is -1.51. The molecule has 0 aromatic heterocycles. The lowest BCUT2D eigenvalue weighted by Crippen LogP contribution is -2.29. The van der Waals surface area contributed by atoms with E-state index in [1.807, 2.05) is 19.1 Å². The van der Waals surface area contributed by atoms with Crippen molar-refractivity contribution in [2.45, 2.75) is 39.2 Å². The van der Waals surface area contributed by atoms with Gasteiger partial charge in [-0.25, -0.2) is 4.79 Å². The van der Waals surface area contributed by atoms with E-state index in [1.54, 1.807) is 6.92 Å². The fourth-order valence-corrected chi connectivity index (χ4v) is 2.35. The number of rotatable bonds is 1. The first-order valence-corrected chi connectivity index (χ1v) is 5.59. The van der Waals surface area contributed by atoms with Crippen molar-refractivity contribution in [2.24, 2.45) is 0 Å². The fraction of sp³-hybridized carbons (Fsp3) is 0.462. The van der Waals surface area contributed by atoms with Crippen LogP contribution in [-0.4, -0.2) is 17.2 Å². The highest BCUT2D eigenvalue weighted by Crippen LogP contribution is 2.38.